The predicted molar refractivity (Wildman–Crippen MR) is 61.3 cm³/mol. The Labute approximate surface area is 92.9 Å². The summed E-state index contributed by atoms with van der Waals surface area (Å²) in [5.74, 6) is -0.523. The zero-order valence-electron chi connectivity index (χ0n) is 8.51. The Balaban J connectivity index is 2.36. The molecule has 0 aliphatic heterocycles. The van der Waals surface area contributed by atoms with Crippen LogP contribution in [0.15, 0.2) is 54.6 Å². The quantitative estimate of drug-likeness (QED) is 0.327. The predicted octanol–water partition coefficient (Wildman–Crippen LogP) is 3.09. The van der Waals surface area contributed by atoms with Crippen LogP contribution in [0.4, 0.5) is 10.1 Å². The van der Waals surface area contributed by atoms with E-state index in [2.05, 4.69) is 0 Å². The topological polar surface area (TPSA) is 26.1 Å². The smallest absolute Gasteiger partial charge is 0.252 e. The average Bonchev–Trinajstić information content (AvgIpc) is 2.31. The van der Waals surface area contributed by atoms with E-state index >= 15 is 0 Å². The Morgan fingerprint density at radius 1 is 0.938 bits per heavy atom. The van der Waals surface area contributed by atoms with E-state index in [1.807, 2.05) is 18.2 Å². The van der Waals surface area contributed by atoms with Crippen molar-refractivity contribution in [1.82, 2.24) is 0 Å². The van der Waals surface area contributed by atoms with Gasteiger partial charge in [-0.1, -0.05) is 30.3 Å². The van der Waals surface area contributed by atoms with Crippen LogP contribution in [0.2, 0.25) is 0 Å². The number of para-hydroxylation sites is 1. The largest absolute Gasteiger partial charge is 0.618 e. The lowest BCUT2D eigenvalue weighted by Gasteiger charge is -2.03. The molecule has 16 heavy (non-hydrogen) atoms. The van der Waals surface area contributed by atoms with Gasteiger partial charge in [-0.2, -0.15) is 9.13 Å². The van der Waals surface area contributed by atoms with Crippen LogP contribution in [0, 0.1) is 11.0 Å². The van der Waals surface area contributed by atoms with E-state index in [9.17, 15) is 9.60 Å². The van der Waals surface area contributed by atoms with Crippen molar-refractivity contribution >= 4 is 11.9 Å². The van der Waals surface area contributed by atoms with E-state index < -0.39 is 5.82 Å². The fourth-order valence-corrected chi connectivity index (χ4v) is 1.37. The van der Waals surface area contributed by atoms with Crippen molar-refractivity contribution in [2.45, 2.75) is 0 Å². The molecule has 0 atom stereocenters. The first kappa shape index (κ1) is 10.4. The van der Waals surface area contributed by atoms with E-state index in [1.165, 1.54) is 18.3 Å². The number of rotatable bonds is 2. The number of hydrogen-bond acceptors (Lipinski definition) is 1. The highest BCUT2D eigenvalue weighted by Gasteiger charge is 2.07. The van der Waals surface area contributed by atoms with E-state index in [0.29, 0.717) is 4.74 Å². The van der Waals surface area contributed by atoms with E-state index in [0.717, 1.165) is 5.56 Å². The molecule has 0 aliphatic rings. The Bertz CT molecular complexity index is 508. The lowest BCUT2D eigenvalue weighted by atomic mass is 10.2. The minimum absolute atomic E-state index is 0.0198. The standard InChI is InChI=1S/C13H10FNO/c14-12-8-4-5-9-13(12)15(16)10-11-6-2-1-3-7-11/h1-10H. The minimum Gasteiger partial charge on any atom is -0.618 e. The maximum Gasteiger partial charge on any atom is 0.252 e. The second kappa shape index (κ2) is 4.57. The van der Waals surface area contributed by atoms with E-state index in [-0.39, 0.29) is 5.69 Å². The fourth-order valence-electron chi connectivity index (χ4n) is 1.37. The summed E-state index contributed by atoms with van der Waals surface area (Å²) >= 11 is 0. The summed E-state index contributed by atoms with van der Waals surface area (Å²) in [6.07, 6.45) is 1.35. The summed E-state index contributed by atoms with van der Waals surface area (Å²) in [7, 11) is 0. The molecular formula is C13H10FNO. The summed E-state index contributed by atoms with van der Waals surface area (Å²) in [6, 6.07) is 15.0. The molecule has 0 fully saturated rings. The zero-order chi connectivity index (χ0) is 11.4. The zero-order valence-corrected chi connectivity index (χ0v) is 8.51. The first-order chi connectivity index (χ1) is 7.77. The first-order valence-electron chi connectivity index (χ1n) is 4.88. The fraction of sp³-hybridized carbons (Fsp3) is 0. The van der Waals surface area contributed by atoms with Gasteiger partial charge in [-0.25, -0.2) is 0 Å². The van der Waals surface area contributed by atoms with Crippen molar-refractivity contribution in [3.8, 4) is 0 Å². The van der Waals surface area contributed by atoms with Gasteiger partial charge in [0.1, 0.15) is 0 Å². The molecule has 0 radical (unpaired) electrons. The highest BCUT2D eigenvalue weighted by molar-refractivity contribution is 5.76. The molecular weight excluding hydrogens is 205 g/mol. The lowest BCUT2D eigenvalue weighted by Crippen LogP contribution is -2.00. The van der Waals surface area contributed by atoms with Crippen LogP contribution in [0.1, 0.15) is 5.56 Å². The van der Waals surface area contributed by atoms with Crippen molar-refractivity contribution in [3.63, 3.8) is 0 Å². The summed E-state index contributed by atoms with van der Waals surface area (Å²) < 4.78 is 13.8. The Kier molecular flexibility index (Phi) is 2.96. The van der Waals surface area contributed by atoms with Gasteiger partial charge in [-0.15, -0.1) is 0 Å². The molecule has 0 bridgehead atoms. The molecule has 0 amide bonds. The van der Waals surface area contributed by atoms with Crippen LogP contribution in [-0.4, -0.2) is 11.0 Å². The van der Waals surface area contributed by atoms with Crippen molar-refractivity contribution in [3.05, 3.63) is 71.2 Å². The summed E-state index contributed by atoms with van der Waals surface area (Å²) in [5, 5.41) is 11.7. The van der Waals surface area contributed by atoms with Gasteiger partial charge in [0.2, 0.25) is 0 Å². The normalized spacial score (nSPS) is 11.4. The molecule has 0 spiro atoms. The molecule has 0 aromatic heterocycles. The van der Waals surface area contributed by atoms with Gasteiger partial charge in [0.15, 0.2) is 12.0 Å². The van der Waals surface area contributed by atoms with Crippen molar-refractivity contribution in [2.24, 2.45) is 0 Å². The monoisotopic (exact) mass is 215 g/mol. The molecule has 0 heterocycles. The van der Waals surface area contributed by atoms with Gasteiger partial charge >= 0.3 is 0 Å². The number of nitrogens with zero attached hydrogens (tertiary/aromatic N) is 1. The molecule has 0 N–H and O–H groups in total. The Hall–Kier alpha value is -2.16. The van der Waals surface area contributed by atoms with Gasteiger partial charge < -0.3 is 5.21 Å². The first-order valence-corrected chi connectivity index (χ1v) is 4.88. The number of benzene rings is 2. The highest BCUT2D eigenvalue weighted by Crippen LogP contribution is 2.15. The molecule has 0 saturated heterocycles. The molecule has 0 aliphatic carbocycles. The third-order valence-corrected chi connectivity index (χ3v) is 2.16. The lowest BCUT2D eigenvalue weighted by molar-refractivity contribution is -0.357. The van der Waals surface area contributed by atoms with Crippen LogP contribution in [-0.2, 0) is 0 Å². The molecule has 0 saturated carbocycles. The van der Waals surface area contributed by atoms with Gasteiger partial charge in [0.25, 0.3) is 5.69 Å². The van der Waals surface area contributed by atoms with Gasteiger partial charge in [-0.05, 0) is 18.2 Å². The van der Waals surface area contributed by atoms with Gasteiger partial charge in [0, 0.05) is 11.6 Å². The SMILES string of the molecule is [O-][N+](=Cc1ccccc1)c1ccccc1F. The van der Waals surface area contributed by atoms with Crippen LogP contribution in [0.3, 0.4) is 0 Å². The second-order valence-corrected chi connectivity index (χ2v) is 3.32. The molecule has 2 rings (SSSR count). The summed E-state index contributed by atoms with van der Waals surface area (Å²) in [4.78, 5) is 0. The number of hydrogen-bond donors (Lipinski definition) is 0. The highest BCUT2D eigenvalue weighted by atomic mass is 19.1. The maximum atomic E-state index is 13.3. The van der Waals surface area contributed by atoms with Crippen LogP contribution in [0.5, 0.6) is 0 Å². The molecule has 0 unspecified atom stereocenters. The van der Waals surface area contributed by atoms with Crippen molar-refractivity contribution in [1.29, 1.82) is 0 Å². The van der Waals surface area contributed by atoms with Crippen LogP contribution in [0.25, 0.3) is 0 Å². The van der Waals surface area contributed by atoms with Gasteiger partial charge in [0.05, 0.1) is 0 Å². The van der Waals surface area contributed by atoms with E-state index in [4.69, 9.17) is 0 Å². The third-order valence-electron chi connectivity index (χ3n) is 2.16. The van der Waals surface area contributed by atoms with Gasteiger partial charge in [-0.3, -0.25) is 0 Å². The molecule has 3 heteroatoms. The molecule has 2 aromatic rings. The average molecular weight is 215 g/mol. The molecule has 80 valence electrons. The van der Waals surface area contributed by atoms with Crippen LogP contribution < -0.4 is 0 Å². The van der Waals surface area contributed by atoms with E-state index in [1.54, 1.807) is 24.3 Å². The third kappa shape index (κ3) is 2.25. The maximum absolute atomic E-state index is 13.3. The second-order valence-electron chi connectivity index (χ2n) is 3.32. The summed E-state index contributed by atoms with van der Waals surface area (Å²) in [6.45, 7) is 0. The van der Waals surface area contributed by atoms with Crippen LogP contribution >= 0.6 is 0 Å². The number of halogens is 1. The molecule has 2 nitrogen and oxygen atoms in total. The van der Waals surface area contributed by atoms with Crippen molar-refractivity contribution < 1.29 is 9.13 Å². The minimum atomic E-state index is -0.523. The molecule has 2 aromatic carbocycles. The van der Waals surface area contributed by atoms with Crippen molar-refractivity contribution in [2.75, 3.05) is 0 Å². The summed E-state index contributed by atoms with van der Waals surface area (Å²) in [5.41, 5.74) is 0.757. The Morgan fingerprint density at radius 3 is 2.25 bits per heavy atom. The Morgan fingerprint density at radius 2 is 1.56 bits per heavy atom.